The Kier molecular flexibility index (Phi) is 5.52. The monoisotopic (exact) mass is 366 g/mol. The van der Waals surface area contributed by atoms with Crippen LogP contribution in [0.2, 0.25) is 5.02 Å². The number of aliphatic hydroxyl groups is 1. The van der Waals surface area contributed by atoms with Crippen LogP contribution in [0.1, 0.15) is 0 Å². The number of ether oxygens (including phenoxy) is 1. The highest BCUT2D eigenvalue weighted by Gasteiger charge is 2.13. The van der Waals surface area contributed by atoms with Gasteiger partial charge in [0.25, 0.3) is 5.56 Å². The number of hydrogen-bond acceptors (Lipinski definition) is 6. The minimum absolute atomic E-state index is 0.0112. The maximum absolute atomic E-state index is 12.2. The molecule has 0 saturated heterocycles. The molecule has 0 saturated carbocycles. The van der Waals surface area contributed by atoms with Crippen LogP contribution in [0.25, 0.3) is 16.7 Å². The fraction of sp³-hybridized carbons (Fsp3) is 0.267. The third-order valence-electron chi connectivity index (χ3n) is 3.20. The Labute approximate surface area is 146 Å². The van der Waals surface area contributed by atoms with E-state index < -0.39 is 0 Å². The van der Waals surface area contributed by atoms with Gasteiger partial charge in [0.2, 0.25) is 0 Å². The Morgan fingerprint density at radius 3 is 2.96 bits per heavy atom. The van der Waals surface area contributed by atoms with E-state index in [1.54, 1.807) is 10.7 Å². The van der Waals surface area contributed by atoms with Gasteiger partial charge in [0.05, 0.1) is 36.7 Å². The Morgan fingerprint density at radius 1 is 1.33 bits per heavy atom. The number of para-hydroxylation sites is 1. The molecular formula is C15H15ClN4O3S. The van der Waals surface area contributed by atoms with Gasteiger partial charge < -0.3 is 14.8 Å². The SMILES string of the molecule is O=c1[nH]c(SCCOCCO)nc2c1cnn2-c1ccccc1Cl. The van der Waals surface area contributed by atoms with E-state index in [2.05, 4.69) is 15.1 Å². The number of halogens is 1. The fourth-order valence-electron chi connectivity index (χ4n) is 2.13. The summed E-state index contributed by atoms with van der Waals surface area (Å²) in [6.07, 6.45) is 1.48. The van der Waals surface area contributed by atoms with Crippen LogP contribution in [0.3, 0.4) is 0 Å². The number of rotatable bonds is 7. The summed E-state index contributed by atoms with van der Waals surface area (Å²) >= 11 is 7.58. The molecule has 0 aliphatic carbocycles. The first-order valence-electron chi connectivity index (χ1n) is 7.25. The minimum atomic E-state index is -0.253. The number of nitrogens with zero attached hydrogens (tertiary/aromatic N) is 3. The van der Waals surface area contributed by atoms with Crippen molar-refractivity contribution < 1.29 is 9.84 Å². The molecule has 2 N–H and O–H groups in total. The van der Waals surface area contributed by atoms with Crippen LogP contribution < -0.4 is 5.56 Å². The molecule has 2 aromatic heterocycles. The van der Waals surface area contributed by atoms with Gasteiger partial charge in [0.15, 0.2) is 10.8 Å². The van der Waals surface area contributed by atoms with E-state index in [0.29, 0.717) is 45.9 Å². The lowest BCUT2D eigenvalue weighted by Gasteiger charge is -2.06. The van der Waals surface area contributed by atoms with Gasteiger partial charge in [0.1, 0.15) is 5.39 Å². The molecule has 3 rings (SSSR count). The summed E-state index contributed by atoms with van der Waals surface area (Å²) < 4.78 is 6.75. The van der Waals surface area contributed by atoms with Crippen molar-refractivity contribution in [3.05, 3.63) is 45.8 Å². The van der Waals surface area contributed by atoms with Crippen molar-refractivity contribution in [3.8, 4) is 5.69 Å². The van der Waals surface area contributed by atoms with Crippen molar-refractivity contribution in [2.45, 2.75) is 5.16 Å². The summed E-state index contributed by atoms with van der Waals surface area (Å²) in [5.74, 6) is 0.606. The maximum atomic E-state index is 12.2. The second kappa shape index (κ2) is 7.80. The molecule has 0 bridgehead atoms. The molecule has 7 nitrogen and oxygen atoms in total. The van der Waals surface area contributed by atoms with Crippen LogP contribution in [-0.2, 0) is 4.74 Å². The summed E-state index contributed by atoms with van der Waals surface area (Å²) in [4.78, 5) is 19.4. The molecule has 3 aromatic rings. The first-order valence-corrected chi connectivity index (χ1v) is 8.61. The van der Waals surface area contributed by atoms with Crippen molar-refractivity contribution in [2.24, 2.45) is 0 Å². The normalized spacial score (nSPS) is 11.2. The second-order valence-electron chi connectivity index (χ2n) is 4.80. The molecule has 0 fully saturated rings. The van der Waals surface area contributed by atoms with E-state index in [4.69, 9.17) is 21.4 Å². The number of H-pyrrole nitrogens is 1. The summed E-state index contributed by atoms with van der Waals surface area (Å²) in [6, 6.07) is 7.24. The summed E-state index contributed by atoms with van der Waals surface area (Å²) in [6.45, 7) is 0.738. The molecule has 0 unspecified atom stereocenters. The highest BCUT2D eigenvalue weighted by Crippen LogP contribution is 2.23. The van der Waals surface area contributed by atoms with Crippen LogP contribution in [0, 0.1) is 0 Å². The largest absolute Gasteiger partial charge is 0.394 e. The highest BCUT2D eigenvalue weighted by molar-refractivity contribution is 7.99. The van der Waals surface area contributed by atoms with E-state index in [1.807, 2.05) is 18.2 Å². The number of fused-ring (bicyclic) bond motifs is 1. The molecule has 1 aromatic carbocycles. The average molecular weight is 367 g/mol. The summed E-state index contributed by atoms with van der Waals surface area (Å²) in [5, 5.41) is 14.3. The standard InChI is InChI=1S/C15H15ClN4O3S/c16-11-3-1-2-4-12(11)20-13-10(9-17-20)14(22)19-15(18-13)24-8-7-23-6-5-21/h1-4,9,21H,5-8H2,(H,18,19,22). The predicted molar refractivity (Wildman–Crippen MR) is 93.1 cm³/mol. The number of benzene rings is 1. The average Bonchev–Trinajstić information content (AvgIpc) is 2.99. The minimum Gasteiger partial charge on any atom is -0.394 e. The van der Waals surface area contributed by atoms with Crippen LogP contribution in [0.15, 0.2) is 40.4 Å². The number of aliphatic hydroxyl groups excluding tert-OH is 1. The molecule has 24 heavy (non-hydrogen) atoms. The van der Waals surface area contributed by atoms with Gasteiger partial charge in [-0.05, 0) is 12.1 Å². The maximum Gasteiger partial charge on any atom is 0.262 e. The molecular weight excluding hydrogens is 352 g/mol. The van der Waals surface area contributed by atoms with Gasteiger partial charge in [-0.3, -0.25) is 4.79 Å². The summed E-state index contributed by atoms with van der Waals surface area (Å²) in [7, 11) is 0. The molecule has 0 spiro atoms. The number of nitrogens with one attached hydrogen (secondary N) is 1. The molecule has 9 heteroatoms. The van der Waals surface area contributed by atoms with Crippen molar-refractivity contribution in [1.82, 2.24) is 19.7 Å². The Hall–Kier alpha value is -1.87. The van der Waals surface area contributed by atoms with E-state index >= 15 is 0 Å². The first-order chi connectivity index (χ1) is 11.7. The molecule has 2 heterocycles. The number of aromatic nitrogens is 4. The van der Waals surface area contributed by atoms with Crippen LogP contribution >= 0.6 is 23.4 Å². The van der Waals surface area contributed by atoms with E-state index in [0.717, 1.165) is 0 Å². The third-order valence-corrected chi connectivity index (χ3v) is 4.36. The quantitative estimate of drug-likeness (QED) is 0.376. The molecule has 0 aliphatic rings. The van der Waals surface area contributed by atoms with Crippen LogP contribution in [0.4, 0.5) is 0 Å². The zero-order valence-electron chi connectivity index (χ0n) is 12.6. The van der Waals surface area contributed by atoms with Gasteiger partial charge in [0, 0.05) is 5.75 Å². The van der Waals surface area contributed by atoms with Gasteiger partial charge in [-0.15, -0.1) is 0 Å². The number of aromatic amines is 1. The topological polar surface area (TPSA) is 93.0 Å². The van der Waals surface area contributed by atoms with E-state index in [-0.39, 0.29) is 12.2 Å². The molecule has 0 amide bonds. The zero-order valence-corrected chi connectivity index (χ0v) is 14.2. The lowest BCUT2D eigenvalue weighted by Crippen LogP contribution is -2.10. The Balaban J connectivity index is 1.90. The smallest absolute Gasteiger partial charge is 0.262 e. The van der Waals surface area contributed by atoms with Crippen molar-refractivity contribution in [1.29, 1.82) is 0 Å². The van der Waals surface area contributed by atoms with Crippen molar-refractivity contribution >= 4 is 34.4 Å². The van der Waals surface area contributed by atoms with Crippen molar-refractivity contribution in [3.63, 3.8) is 0 Å². The van der Waals surface area contributed by atoms with Gasteiger partial charge in [-0.1, -0.05) is 35.5 Å². The Morgan fingerprint density at radius 2 is 2.17 bits per heavy atom. The van der Waals surface area contributed by atoms with E-state index in [1.165, 1.54) is 18.0 Å². The lowest BCUT2D eigenvalue weighted by atomic mass is 10.3. The summed E-state index contributed by atoms with van der Waals surface area (Å²) in [5.41, 5.74) is 0.859. The molecule has 0 aliphatic heterocycles. The van der Waals surface area contributed by atoms with Gasteiger partial charge in [-0.25, -0.2) is 9.67 Å². The number of hydrogen-bond donors (Lipinski definition) is 2. The predicted octanol–water partition coefficient (Wildman–Crippen LogP) is 1.86. The zero-order chi connectivity index (χ0) is 16.9. The molecule has 0 radical (unpaired) electrons. The highest BCUT2D eigenvalue weighted by atomic mass is 35.5. The fourth-order valence-corrected chi connectivity index (χ4v) is 3.06. The van der Waals surface area contributed by atoms with Crippen LogP contribution in [-0.4, -0.2) is 50.4 Å². The second-order valence-corrected chi connectivity index (χ2v) is 6.29. The van der Waals surface area contributed by atoms with Crippen molar-refractivity contribution in [2.75, 3.05) is 25.6 Å². The molecule has 0 atom stereocenters. The first kappa shape index (κ1) is 17.0. The molecule has 126 valence electrons. The third kappa shape index (κ3) is 3.62. The Bertz CT molecular complexity index is 896. The number of thioether (sulfide) groups is 1. The van der Waals surface area contributed by atoms with E-state index in [9.17, 15) is 4.79 Å². The van der Waals surface area contributed by atoms with Gasteiger partial charge in [-0.2, -0.15) is 5.10 Å². The van der Waals surface area contributed by atoms with Crippen LogP contribution in [0.5, 0.6) is 0 Å². The lowest BCUT2D eigenvalue weighted by molar-refractivity contribution is 0.103. The van der Waals surface area contributed by atoms with Gasteiger partial charge >= 0.3 is 0 Å².